The summed E-state index contributed by atoms with van der Waals surface area (Å²) in [6, 6.07) is 9.18. The lowest BCUT2D eigenvalue weighted by Crippen LogP contribution is -2.41. The molecule has 0 aromatic heterocycles. The molecule has 25 heavy (non-hydrogen) atoms. The second-order valence-corrected chi connectivity index (χ2v) is 7.10. The molecule has 6 heteroatoms. The van der Waals surface area contributed by atoms with E-state index in [0.29, 0.717) is 17.1 Å². The lowest BCUT2D eigenvalue weighted by Gasteiger charge is -2.26. The maximum atomic E-state index is 13.3. The lowest BCUT2D eigenvalue weighted by molar-refractivity contribution is -0.122. The molecule has 0 fully saturated rings. The quantitative estimate of drug-likeness (QED) is 0.778. The van der Waals surface area contributed by atoms with Gasteiger partial charge in [0.15, 0.2) is 6.10 Å². The van der Waals surface area contributed by atoms with Crippen LogP contribution in [0.2, 0.25) is 0 Å². The summed E-state index contributed by atoms with van der Waals surface area (Å²) in [5.74, 6) is -0.368. The van der Waals surface area contributed by atoms with Crippen LogP contribution in [-0.4, -0.2) is 23.7 Å². The summed E-state index contributed by atoms with van der Waals surface area (Å²) in [6.45, 7) is 6.27. The Bertz CT molecular complexity index is 815. The number of ether oxygens (including phenoxy) is 1. The first-order chi connectivity index (χ1) is 11.7. The average molecular weight is 344 g/mol. The van der Waals surface area contributed by atoms with Crippen LogP contribution in [0.1, 0.15) is 26.3 Å². The predicted molar refractivity (Wildman–Crippen MR) is 94.7 cm³/mol. The third-order valence-corrected chi connectivity index (χ3v) is 4.06. The fourth-order valence-corrected chi connectivity index (χ4v) is 2.75. The zero-order valence-electron chi connectivity index (χ0n) is 14.4. The number of amides is 1. The number of carbonyl (C=O) groups is 1. The van der Waals surface area contributed by atoms with Gasteiger partial charge in [0.2, 0.25) is 0 Å². The Hall–Kier alpha value is -2.76. The van der Waals surface area contributed by atoms with Gasteiger partial charge in [-0.2, -0.15) is 0 Å². The van der Waals surface area contributed by atoms with Crippen molar-refractivity contribution in [3.05, 3.63) is 47.8 Å². The molecule has 1 amide bonds. The van der Waals surface area contributed by atoms with Crippen molar-refractivity contribution in [1.29, 1.82) is 0 Å². The van der Waals surface area contributed by atoms with Gasteiger partial charge in [-0.05, 0) is 29.2 Å². The molecular formula is C19H21FN2O3. The molecule has 0 radical (unpaired) electrons. The number of anilines is 2. The molecule has 1 aliphatic heterocycles. The van der Waals surface area contributed by atoms with Gasteiger partial charge in [-0.1, -0.05) is 26.8 Å². The van der Waals surface area contributed by atoms with Gasteiger partial charge in [-0.3, -0.25) is 4.79 Å². The fourth-order valence-electron chi connectivity index (χ4n) is 2.75. The zero-order valence-corrected chi connectivity index (χ0v) is 14.4. The summed E-state index contributed by atoms with van der Waals surface area (Å²) in [4.78, 5) is 12.4. The summed E-state index contributed by atoms with van der Waals surface area (Å²) < 4.78 is 18.9. The largest absolute Gasteiger partial charge is 0.508 e. The van der Waals surface area contributed by atoms with Gasteiger partial charge in [-0.15, -0.1) is 0 Å². The normalized spacial score (nSPS) is 16.4. The second kappa shape index (κ2) is 6.27. The van der Waals surface area contributed by atoms with Crippen LogP contribution < -0.4 is 15.4 Å². The minimum absolute atomic E-state index is 0.125. The van der Waals surface area contributed by atoms with E-state index in [2.05, 4.69) is 10.6 Å². The van der Waals surface area contributed by atoms with Crippen LogP contribution in [0.15, 0.2) is 36.4 Å². The van der Waals surface area contributed by atoms with E-state index in [1.807, 2.05) is 20.8 Å². The maximum Gasteiger partial charge on any atom is 0.267 e. The molecule has 1 heterocycles. The Kier molecular flexibility index (Phi) is 4.29. The number of halogens is 1. The van der Waals surface area contributed by atoms with E-state index < -0.39 is 11.9 Å². The number of rotatable bonds is 2. The van der Waals surface area contributed by atoms with Gasteiger partial charge in [0.05, 0.1) is 12.2 Å². The minimum atomic E-state index is -0.793. The summed E-state index contributed by atoms with van der Waals surface area (Å²) in [5.41, 5.74) is 1.73. The third-order valence-electron chi connectivity index (χ3n) is 4.06. The molecular weight excluding hydrogens is 323 g/mol. The molecule has 0 spiro atoms. The number of carbonyl (C=O) groups excluding carboxylic acids is 1. The van der Waals surface area contributed by atoms with Crippen LogP contribution >= 0.6 is 0 Å². The monoisotopic (exact) mass is 344 g/mol. The molecule has 5 nitrogen and oxygen atoms in total. The van der Waals surface area contributed by atoms with Gasteiger partial charge >= 0.3 is 0 Å². The minimum Gasteiger partial charge on any atom is -0.508 e. The van der Waals surface area contributed by atoms with Gasteiger partial charge in [-0.25, -0.2) is 4.39 Å². The molecule has 3 rings (SSSR count). The van der Waals surface area contributed by atoms with Crippen molar-refractivity contribution in [2.45, 2.75) is 32.3 Å². The van der Waals surface area contributed by atoms with Crippen molar-refractivity contribution in [1.82, 2.24) is 0 Å². The van der Waals surface area contributed by atoms with Crippen molar-refractivity contribution < 1.29 is 19.0 Å². The Labute approximate surface area is 145 Å². The molecule has 0 bridgehead atoms. The zero-order chi connectivity index (χ0) is 18.2. The standard InChI is InChI=1S/C19H21FN2O3/c1-19(2,3)13-6-5-12(9-15(13)23)22-18(24)17-10-21-14-7-4-11(20)8-16(14)25-17/h4-9,17,21,23H,10H2,1-3H3,(H,22,24)/t17-/m0/s1. The molecule has 3 N–H and O–H groups in total. The smallest absolute Gasteiger partial charge is 0.267 e. The van der Waals surface area contributed by atoms with Crippen LogP contribution in [0.25, 0.3) is 0 Å². The predicted octanol–water partition coefficient (Wildman–Crippen LogP) is 3.64. The van der Waals surface area contributed by atoms with Crippen molar-refractivity contribution in [3.8, 4) is 11.5 Å². The lowest BCUT2D eigenvalue weighted by atomic mass is 9.86. The van der Waals surface area contributed by atoms with Crippen molar-refractivity contribution in [2.75, 3.05) is 17.2 Å². The first kappa shape index (κ1) is 17.1. The number of phenolic OH excluding ortho intramolecular Hbond substituents is 1. The van der Waals surface area contributed by atoms with E-state index in [9.17, 15) is 14.3 Å². The highest BCUT2D eigenvalue weighted by Crippen LogP contribution is 2.33. The van der Waals surface area contributed by atoms with Crippen molar-refractivity contribution in [3.63, 3.8) is 0 Å². The molecule has 132 valence electrons. The molecule has 1 atom stereocenters. The van der Waals surface area contributed by atoms with E-state index >= 15 is 0 Å². The number of phenols is 1. The number of benzene rings is 2. The second-order valence-electron chi connectivity index (χ2n) is 7.10. The number of aromatic hydroxyl groups is 1. The highest BCUT2D eigenvalue weighted by atomic mass is 19.1. The van der Waals surface area contributed by atoms with E-state index in [0.717, 1.165) is 5.56 Å². The molecule has 0 saturated carbocycles. The van der Waals surface area contributed by atoms with Gasteiger partial charge < -0.3 is 20.5 Å². The van der Waals surface area contributed by atoms with E-state index in [1.165, 1.54) is 18.2 Å². The molecule has 1 aliphatic rings. The first-order valence-electron chi connectivity index (χ1n) is 8.08. The van der Waals surface area contributed by atoms with Gasteiger partial charge in [0.1, 0.15) is 17.3 Å². The molecule has 2 aromatic carbocycles. The molecule has 0 saturated heterocycles. The van der Waals surface area contributed by atoms with E-state index in [4.69, 9.17) is 4.74 Å². The highest BCUT2D eigenvalue weighted by molar-refractivity contribution is 5.95. The first-order valence-corrected chi connectivity index (χ1v) is 8.08. The van der Waals surface area contributed by atoms with Crippen LogP contribution in [0.5, 0.6) is 11.5 Å². The number of nitrogens with one attached hydrogen (secondary N) is 2. The maximum absolute atomic E-state index is 13.3. The fraction of sp³-hybridized carbons (Fsp3) is 0.316. The Morgan fingerprint density at radius 2 is 2.04 bits per heavy atom. The van der Waals surface area contributed by atoms with E-state index in [1.54, 1.807) is 18.2 Å². The molecule has 0 unspecified atom stereocenters. The van der Waals surface area contributed by atoms with Crippen molar-refractivity contribution in [2.24, 2.45) is 0 Å². The summed E-state index contributed by atoms with van der Waals surface area (Å²) in [5, 5.41) is 15.9. The van der Waals surface area contributed by atoms with E-state index in [-0.39, 0.29) is 23.6 Å². The molecule has 0 aliphatic carbocycles. The topological polar surface area (TPSA) is 70.6 Å². The Morgan fingerprint density at radius 1 is 1.28 bits per heavy atom. The SMILES string of the molecule is CC(C)(C)c1ccc(NC(=O)[C@@H]2CNc3ccc(F)cc3O2)cc1O. The Balaban J connectivity index is 1.72. The van der Waals surface area contributed by atoms with Crippen LogP contribution in [0.4, 0.5) is 15.8 Å². The van der Waals surface area contributed by atoms with Crippen molar-refractivity contribution >= 4 is 17.3 Å². The molecule has 2 aromatic rings. The summed E-state index contributed by atoms with van der Waals surface area (Å²) in [7, 11) is 0. The van der Waals surface area contributed by atoms with Crippen LogP contribution in [0.3, 0.4) is 0 Å². The summed E-state index contributed by atoms with van der Waals surface area (Å²) in [6.07, 6.45) is -0.793. The number of hydrogen-bond acceptors (Lipinski definition) is 4. The Morgan fingerprint density at radius 3 is 2.72 bits per heavy atom. The third kappa shape index (κ3) is 3.68. The van der Waals surface area contributed by atoms with Crippen LogP contribution in [0, 0.1) is 5.82 Å². The van der Waals surface area contributed by atoms with Crippen LogP contribution in [-0.2, 0) is 10.2 Å². The number of fused-ring (bicyclic) bond motifs is 1. The summed E-state index contributed by atoms with van der Waals surface area (Å²) >= 11 is 0. The average Bonchev–Trinajstić information content (AvgIpc) is 2.52. The van der Waals surface area contributed by atoms with Gasteiger partial charge in [0, 0.05) is 17.8 Å². The highest BCUT2D eigenvalue weighted by Gasteiger charge is 2.27. The van der Waals surface area contributed by atoms with Gasteiger partial charge in [0.25, 0.3) is 5.91 Å². The number of hydrogen-bond donors (Lipinski definition) is 3.